The molecule has 1 fully saturated rings. The van der Waals surface area contributed by atoms with Crippen molar-refractivity contribution in [1.29, 1.82) is 0 Å². The highest BCUT2D eigenvalue weighted by molar-refractivity contribution is 7.89. The second-order valence-electron chi connectivity index (χ2n) is 7.66. The Balaban J connectivity index is 1.95. The van der Waals surface area contributed by atoms with E-state index in [9.17, 15) is 26.4 Å². The van der Waals surface area contributed by atoms with E-state index in [1.807, 2.05) is 0 Å². The number of halogens is 3. The molecule has 2 aromatic rings. The number of hydrogen-bond acceptors (Lipinski definition) is 5. The van der Waals surface area contributed by atoms with E-state index in [0.717, 1.165) is 37.8 Å². The molecule has 11 heteroatoms. The molecule has 1 saturated heterocycles. The summed E-state index contributed by atoms with van der Waals surface area (Å²) in [5, 5.41) is 2.47. The number of carbonyl (C=O) groups excluding carboxylic acids is 1. The molecule has 0 radical (unpaired) electrons. The standard InChI is InChI=1S/C21H25F3N2O5S/c1-14-11-17(15(2)31-14)20(27)25-18-12-16(7-8-19(18)30-13-21(22,23)24)32(28,29)26-9-5-3-4-6-10-26/h7-8,11-12H,3-6,9-10,13H2,1-2H3,(H,25,27). The largest absolute Gasteiger partial charge is 0.482 e. The van der Waals surface area contributed by atoms with E-state index in [-0.39, 0.29) is 21.9 Å². The molecular weight excluding hydrogens is 449 g/mol. The summed E-state index contributed by atoms with van der Waals surface area (Å²) < 4.78 is 75.8. The number of nitrogens with zero attached hydrogens (tertiary/aromatic N) is 1. The zero-order valence-electron chi connectivity index (χ0n) is 17.8. The van der Waals surface area contributed by atoms with Gasteiger partial charge >= 0.3 is 6.18 Å². The lowest BCUT2D eigenvalue weighted by Gasteiger charge is -2.21. The van der Waals surface area contributed by atoms with Gasteiger partial charge in [-0.25, -0.2) is 8.42 Å². The SMILES string of the molecule is Cc1cc(C(=O)Nc2cc(S(=O)(=O)N3CCCCCC3)ccc2OCC(F)(F)F)c(C)o1. The van der Waals surface area contributed by atoms with Crippen LogP contribution >= 0.6 is 0 Å². The summed E-state index contributed by atoms with van der Waals surface area (Å²) in [4.78, 5) is 12.6. The van der Waals surface area contributed by atoms with Gasteiger partial charge in [0.1, 0.15) is 17.3 Å². The fourth-order valence-electron chi connectivity index (χ4n) is 3.53. The van der Waals surface area contributed by atoms with Gasteiger partial charge in [0.2, 0.25) is 10.0 Å². The second kappa shape index (κ2) is 9.53. The highest BCUT2D eigenvalue weighted by atomic mass is 32.2. The molecule has 1 aliphatic heterocycles. The number of ether oxygens (including phenoxy) is 1. The van der Waals surface area contributed by atoms with Crippen LogP contribution in [0, 0.1) is 13.8 Å². The van der Waals surface area contributed by atoms with Crippen molar-refractivity contribution in [3.8, 4) is 5.75 Å². The van der Waals surface area contributed by atoms with Crippen molar-refractivity contribution in [1.82, 2.24) is 4.31 Å². The lowest BCUT2D eigenvalue weighted by Crippen LogP contribution is -2.32. The zero-order valence-corrected chi connectivity index (χ0v) is 18.6. The van der Waals surface area contributed by atoms with Crippen molar-refractivity contribution in [2.45, 2.75) is 50.6 Å². The van der Waals surface area contributed by atoms with Crippen molar-refractivity contribution in [2.75, 3.05) is 25.0 Å². The molecule has 0 atom stereocenters. The third-order valence-electron chi connectivity index (χ3n) is 5.08. The predicted molar refractivity (Wildman–Crippen MR) is 111 cm³/mol. The van der Waals surface area contributed by atoms with Crippen molar-refractivity contribution in [3.63, 3.8) is 0 Å². The average molecular weight is 475 g/mol. The van der Waals surface area contributed by atoms with Gasteiger partial charge in [-0.2, -0.15) is 17.5 Å². The quantitative estimate of drug-likeness (QED) is 0.658. The third kappa shape index (κ3) is 5.83. The van der Waals surface area contributed by atoms with E-state index in [4.69, 9.17) is 9.15 Å². The first kappa shape index (κ1) is 24.1. The Bertz CT molecular complexity index is 1070. The van der Waals surface area contributed by atoms with Gasteiger partial charge in [-0.05, 0) is 51.0 Å². The van der Waals surface area contributed by atoms with Gasteiger partial charge in [0.05, 0.1) is 16.1 Å². The number of amides is 1. The average Bonchev–Trinajstić information content (AvgIpc) is 2.90. The number of nitrogens with one attached hydrogen (secondary N) is 1. The van der Waals surface area contributed by atoms with Crippen LogP contribution in [0.15, 0.2) is 33.6 Å². The molecule has 1 aromatic carbocycles. The minimum atomic E-state index is -4.60. The molecule has 0 bridgehead atoms. The van der Waals surface area contributed by atoms with Crippen LogP contribution in [0.3, 0.4) is 0 Å². The molecule has 0 unspecified atom stereocenters. The van der Waals surface area contributed by atoms with E-state index >= 15 is 0 Å². The van der Waals surface area contributed by atoms with E-state index in [1.54, 1.807) is 13.8 Å². The monoisotopic (exact) mass is 474 g/mol. The van der Waals surface area contributed by atoms with Crippen LogP contribution in [0.5, 0.6) is 5.75 Å². The molecule has 3 rings (SSSR count). The van der Waals surface area contributed by atoms with E-state index < -0.39 is 28.7 Å². The minimum Gasteiger partial charge on any atom is -0.482 e. The van der Waals surface area contributed by atoms with Gasteiger partial charge in [0.25, 0.3) is 5.91 Å². The summed E-state index contributed by atoms with van der Waals surface area (Å²) in [5.41, 5.74) is 0.0125. The topological polar surface area (TPSA) is 88.9 Å². The van der Waals surface area contributed by atoms with Crippen molar-refractivity contribution in [2.24, 2.45) is 0 Å². The summed E-state index contributed by atoms with van der Waals surface area (Å²) in [6, 6.07) is 4.93. The molecule has 0 saturated carbocycles. The molecule has 7 nitrogen and oxygen atoms in total. The third-order valence-corrected chi connectivity index (χ3v) is 6.97. The summed E-state index contributed by atoms with van der Waals surface area (Å²) in [6.07, 6.45) is -1.28. The van der Waals surface area contributed by atoms with Crippen molar-refractivity contribution in [3.05, 3.63) is 41.3 Å². The molecule has 2 heterocycles. The molecule has 176 valence electrons. The van der Waals surface area contributed by atoms with Gasteiger partial charge in [0.15, 0.2) is 6.61 Å². The Hall–Kier alpha value is -2.53. The smallest absolute Gasteiger partial charge is 0.422 e. The first-order valence-corrected chi connectivity index (χ1v) is 11.6. The molecule has 32 heavy (non-hydrogen) atoms. The summed E-state index contributed by atoms with van der Waals surface area (Å²) in [6.45, 7) is 2.37. The molecule has 1 aromatic heterocycles. The number of benzene rings is 1. The number of hydrogen-bond donors (Lipinski definition) is 1. The summed E-state index contributed by atoms with van der Waals surface area (Å²) >= 11 is 0. The van der Waals surface area contributed by atoms with E-state index in [1.165, 1.54) is 16.4 Å². The number of carbonyl (C=O) groups is 1. The maximum atomic E-state index is 13.1. The molecule has 0 spiro atoms. The lowest BCUT2D eigenvalue weighted by atomic mass is 10.2. The Morgan fingerprint density at radius 2 is 1.78 bits per heavy atom. The minimum absolute atomic E-state index is 0.130. The summed E-state index contributed by atoms with van der Waals surface area (Å²) in [7, 11) is -3.89. The van der Waals surface area contributed by atoms with Gasteiger partial charge in [-0.1, -0.05) is 12.8 Å². The zero-order chi connectivity index (χ0) is 23.5. The van der Waals surface area contributed by atoms with Gasteiger partial charge < -0.3 is 14.5 Å². The Labute approximate surface area is 184 Å². The van der Waals surface area contributed by atoms with Crippen LogP contribution in [-0.4, -0.2) is 44.5 Å². The second-order valence-corrected chi connectivity index (χ2v) is 9.60. The normalized spacial score (nSPS) is 15.9. The fraction of sp³-hybridized carbons (Fsp3) is 0.476. The molecule has 0 aliphatic carbocycles. The molecule has 1 amide bonds. The lowest BCUT2D eigenvalue weighted by molar-refractivity contribution is -0.153. The Morgan fingerprint density at radius 1 is 1.12 bits per heavy atom. The van der Waals surface area contributed by atoms with Gasteiger partial charge in [-0.3, -0.25) is 4.79 Å². The van der Waals surface area contributed by atoms with Gasteiger partial charge in [-0.15, -0.1) is 0 Å². The van der Waals surface area contributed by atoms with Crippen LogP contribution in [-0.2, 0) is 10.0 Å². The Morgan fingerprint density at radius 3 is 2.34 bits per heavy atom. The number of alkyl halides is 3. The van der Waals surface area contributed by atoms with Gasteiger partial charge in [0, 0.05) is 13.1 Å². The van der Waals surface area contributed by atoms with Crippen LogP contribution < -0.4 is 10.1 Å². The first-order valence-electron chi connectivity index (χ1n) is 10.2. The van der Waals surface area contributed by atoms with Crippen LogP contribution in [0.4, 0.5) is 18.9 Å². The highest BCUT2D eigenvalue weighted by Gasteiger charge is 2.30. The van der Waals surface area contributed by atoms with E-state index in [0.29, 0.717) is 24.6 Å². The predicted octanol–water partition coefficient (Wildman–Crippen LogP) is 4.65. The van der Waals surface area contributed by atoms with E-state index in [2.05, 4.69) is 5.32 Å². The molecular formula is C21H25F3N2O5S. The fourth-order valence-corrected chi connectivity index (χ4v) is 5.07. The van der Waals surface area contributed by atoms with Crippen LogP contribution in [0.1, 0.15) is 47.6 Å². The molecule has 1 aliphatic rings. The molecule has 1 N–H and O–H groups in total. The number of aryl methyl sites for hydroxylation is 2. The summed E-state index contributed by atoms with van der Waals surface area (Å²) in [5.74, 6) is -0.131. The maximum absolute atomic E-state index is 13.1. The highest BCUT2D eigenvalue weighted by Crippen LogP contribution is 2.32. The van der Waals surface area contributed by atoms with Crippen molar-refractivity contribution < 1.29 is 35.5 Å². The Kier molecular flexibility index (Phi) is 7.19. The van der Waals surface area contributed by atoms with Crippen LogP contribution in [0.2, 0.25) is 0 Å². The maximum Gasteiger partial charge on any atom is 0.422 e. The van der Waals surface area contributed by atoms with Crippen molar-refractivity contribution >= 4 is 21.6 Å². The first-order chi connectivity index (χ1) is 15.0. The number of sulfonamides is 1. The number of furan rings is 1. The number of anilines is 1. The van der Waals surface area contributed by atoms with Crippen LogP contribution in [0.25, 0.3) is 0 Å². The number of rotatable bonds is 6.